The molecule has 0 bridgehead atoms. The van der Waals surface area contributed by atoms with Gasteiger partial charge in [0.05, 0.1) is 18.0 Å². The first-order valence-electron chi connectivity index (χ1n) is 8.80. The van der Waals surface area contributed by atoms with Gasteiger partial charge in [0.2, 0.25) is 5.28 Å². The zero-order valence-electron chi connectivity index (χ0n) is 15.7. The number of anilines is 2. The van der Waals surface area contributed by atoms with Crippen molar-refractivity contribution in [2.45, 2.75) is 0 Å². The minimum atomic E-state index is 0.102. The van der Waals surface area contributed by atoms with E-state index in [0.717, 1.165) is 11.3 Å². The van der Waals surface area contributed by atoms with Crippen molar-refractivity contribution in [3.8, 4) is 23.8 Å². The highest BCUT2D eigenvalue weighted by molar-refractivity contribution is 6.28. The smallest absolute Gasteiger partial charge is 0.224 e. The summed E-state index contributed by atoms with van der Waals surface area (Å²) in [5.74, 6) is 4.52. The van der Waals surface area contributed by atoms with Crippen LogP contribution in [0.1, 0.15) is 5.56 Å². The van der Waals surface area contributed by atoms with Gasteiger partial charge in [-0.2, -0.15) is 4.98 Å². The normalized spacial score (nSPS) is 10.6. The van der Waals surface area contributed by atoms with Gasteiger partial charge >= 0.3 is 0 Å². The maximum absolute atomic E-state index is 6.15. The Morgan fingerprint density at radius 3 is 2.62 bits per heavy atom. The molecule has 8 heteroatoms. The number of halogens is 2. The van der Waals surface area contributed by atoms with E-state index < -0.39 is 0 Å². The number of hydrogen-bond donors (Lipinski definition) is 1. The van der Waals surface area contributed by atoms with Crippen LogP contribution in [0.5, 0.6) is 11.5 Å². The molecule has 1 aromatic heterocycles. The van der Waals surface area contributed by atoms with Crippen LogP contribution in [0.2, 0.25) is 5.28 Å². The third kappa shape index (κ3) is 5.42. The van der Waals surface area contributed by atoms with E-state index in [1.807, 2.05) is 24.3 Å². The van der Waals surface area contributed by atoms with Gasteiger partial charge in [-0.05, 0) is 35.9 Å². The number of nitrogens with zero attached hydrogens (tertiary/aromatic N) is 2. The lowest BCUT2D eigenvalue weighted by molar-refractivity contribution is 0.143. The van der Waals surface area contributed by atoms with Crippen molar-refractivity contribution in [2.75, 3.05) is 38.1 Å². The number of fused-ring (bicyclic) bond motifs is 1. The predicted octanol–water partition coefficient (Wildman–Crippen LogP) is 4.65. The second-order valence-corrected chi connectivity index (χ2v) is 6.60. The number of ether oxygens (including phenoxy) is 3. The van der Waals surface area contributed by atoms with Gasteiger partial charge in [0.1, 0.15) is 19.0 Å². The minimum absolute atomic E-state index is 0.102. The molecule has 1 heterocycles. The Morgan fingerprint density at radius 1 is 1.07 bits per heavy atom. The standard InChI is InChI=1S/C21H19Cl2N3O3/c1-3-14-5-4-6-15(11-14)24-20-16-12-18(28-8-7-22)19(29-10-9-27-2)13-17(16)25-21(23)26-20/h1,4-6,11-13H,7-10H2,2H3,(H,24,25,26). The zero-order valence-corrected chi connectivity index (χ0v) is 17.3. The van der Waals surface area contributed by atoms with E-state index in [9.17, 15) is 0 Å². The van der Waals surface area contributed by atoms with E-state index >= 15 is 0 Å². The van der Waals surface area contributed by atoms with E-state index in [2.05, 4.69) is 21.2 Å². The van der Waals surface area contributed by atoms with Crippen LogP contribution in [0.15, 0.2) is 36.4 Å². The zero-order chi connectivity index (χ0) is 20.6. The summed E-state index contributed by atoms with van der Waals surface area (Å²) in [5, 5.41) is 4.06. The fourth-order valence-corrected chi connectivity index (χ4v) is 2.89. The van der Waals surface area contributed by atoms with E-state index in [1.165, 1.54) is 0 Å². The molecule has 0 saturated carbocycles. The number of rotatable bonds is 9. The molecule has 6 nitrogen and oxygen atoms in total. The fraction of sp³-hybridized carbons (Fsp3) is 0.238. The Morgan fingerprint density at radius 2 is 1.86 bits per heavy atom. The monoisotopic (exact) mass is 431 g/mol. The summed E-state index contributed by atoms with van der Waals surface area (Å²) in [4.78, 5) is 8.64. The van der Waals surface area contributed by atoms with Gasteiger partial charge < -0.3 is 19.5 Å². The number of hydrogen-bond acceptors (Lipinski definition) is 6. The number of alkyl halides is 1. The van der Waals surface area contributed by atoms with Crippen molar-refractivity contribution in [1.29, 1.82) is 0 Å². The molecular formula is C21H19Cl2N3O3. The van der Waals surface area contributed by atoms with Crippen LogP contribution in [-0.2, 0) is 4.74 Å². The SMILES string of the molecule is C#Cc1cccc(Nc2nc(Cl)nc3cc(OCCOC)c(OCCCl)cc23)c1. The Balaban J connectivity index is 2.04. The lowest BCUT2D eigenvalue weighted by atomic mass is 10.2. The highest BCUT2D eigenvalue weighted by atomic mass is 35.5. The highest BCUT2D eigenvalue weighted by Gasteiger charge is 2.14. The number of aromatic nitrogens is 2. The Hall–Kier alpha value is -2.72. The summed E-state index contributed by atoms with van der Waals surface area (Å²) in [6, 6.07) is 11.0. The maximum Gasteiger partial charge on any atom is 0.224 e. The predicted molar refractivity (Wildman–Crippen MR) is 116 cm³/mol. The molecule has 0 aliphatic carbocycles. The van der Waals surface area contributed by atoms with Crippen molar-refractivity contribution in [2.24, 2.45) is 0 Å². The van der Waals surface area contributed by atoms with Crippen LogP contribution in [-0.4, -0.2) is 42.8 Å². The molecule has 0 saturated heterocycles. The first-order chi connectivity index (χ1) is 14.1. The van der Waals surface area contributed by atoms with Crippen LogP contribution in [0, 0.1) is 12.3 Å². The molecule has 0 aliphatic heterocycles. The Bertz CT molecular complexity index is 1040. The Labute approximate surface area is 179 Å². The largest absolute Gasteiger partial charge is 0.488 e. The van der Waals surface area contributed by atoms with Crippen LogP contribution in [0.3, 0.4) is 0 Å². The van der Waals surface area contributed by atoms with Gasteiger partial charge in [0.15, 0.2) is 11.5 Å². The van der Waals surface area contributed by atoms with Crippen LogP contribution < -0.4 is 14.8 Å². The summed E-state index contributed by atoms with van der Waals surface area (Å²) in [6.07, 6.45) is 5.49. The first kappa shape index (κ1) is 21.0. The molecule has 0 fully saturated rings. The molecule has 0 amide bonds. The molecule has 0 atom stereocenters. The molecule has 0 radical (unpaired) electrons. The summed E-state index contributed by atoms with van der Waals surface area (Å²) < 4.78 is 16.6. The highest BCUT2D eigenvalue weighted by Crippen LogP contribution is 2.36. The van der Waals surface area contributed by atoms with Crippen molar-refractivity contribution in [3.05, 3.63) is 47.2 Å². The fourth-order valence-electron chi connectivity index (χ4n) is 2.64. The van der Waals surface area contributed by atoms with E-state index in [0.29, 0.717) is 53.9 Å². The first-order valence-corrected chi connectivity index (χ1v) is 9.71. The molecule has 3 rings (SSSR count). The second-order valence-electron chi connectivity index (χ2n) is 5.89. The van der Waals surface area contributed by atoms with Crippen LogP contribution in [0.4, 0.5) is 11.5 Å². The number of methoxy groups -OCH3 is 1. The third-order valence-electron chi connectivity index (χ3n) is 3.91. The summed E-state index contributed by atoms with van der Waals surface area (Å²) in [6.45, 7) is 1.13. The molecule has 2 aromatic carbocycles. The molecule has 0 spiro atoms. The van der Waals surface area contributed by atoms with Crippen molar-refractivity contribution >= 4 is 45.6 Å². The summed E-state index contributed by atoms with van der Waals surface area (Å²) in [7, 11) is 1.61. The Kier molecular flexibility index (Phi) is 7.36. The lowest BCUT2D eigenvalue weighted by Crippen LogP contribution is -2.07. The molecule has 150 valence electrons. The van der Waals surface area contributed by atoms with Crippen molar-refractivity contribution in [3.63, 3.8) is 0 Å². The molecule has 0 unspecified atom stereocenters. The lowest BCUT2D eigenvalue weighted by Gasteiger charge is -2.15. The van der Waals surface area contributed by atoms with Gasteiger partial charge in [0.25, 0.3) is 0 Å². The van der Waals surface area contributed by atoms with E-state index in [-0.39, 0.29) is 5.28 Å². The number of nitrogens with one attached hydrogen (secondary N) is 1. The van der Waals surface area contributed by atoms with Gasteiger partial charge in [-0.15, -0.1) is 18.0 Å². The molecule has 29 heavy (non-hydrogen) atoms. The molecule has 3 aromatic rings. The molecular weight excluding hydrogens is 413 g/mol. The van der Waals surface area contributed by atoms with Crippen molar-refractivity contribution < 1.29 is 14.2 Å². The van der Waals surface area contributed by atoms with Gasteiger partial charge in [-0.3, -0.25) is 0 Å². The van der Waals surface area contributed by atoms with Gasteiger partial charge in [-0.1, -0.05) is 12.0 Å². The van der Waals surface area contributed by atoms with E-state index in [1.54, 1.807) is 19.2 Å². The average Bonchev–Trinajstić information content (AvgIpc) is 2.72. The average molecular weight is 432 g/mol. The summed E-state index contributed by atoms with van der Waals surface area (Å²) in [5.41, 5.74) is 2.13. The quantitative estimate of drug-likeness (QED) is 0.230. The molecule has 1 N–H and O–H groups in total. The van der Waals surface area contributed by atoms with Gasteiger partial charge in [-0.25, -0.2) is 4.98 Å². The minimum Gasteiger partial charge on any atom is -0.488 e. The number of terminal acetylenes is 1. The van der Waals surface area contributed by atoms with Gasteiger partial charge in [0, 0.05) is 29.8 Å². The summed E-state index contributed by atoms with van der Waals surface area (Å²) >= 11 is 11.9. The topological polar surface area (TPSA) is 65.5 Å². The second kappa shape index (κ2) is 10.2. The van der Waals surface area contributed by atoms with Crippen molar-refractivity contribution in [1.82, 2.24) is 9.97 Å². The molecule has 0 aliphatic rings. The third-order valence-corrected chi connectivity index (χ3v) is 4.23. The van der Waals surface area contributed by atoms with Crippen LogP contribution in [0.25, 0.3) is 10.9 Å². The van der Waals surface area contributed by atoms with E-state index in [4.69, 9.17) is 43.8 Å². The maximum atomic E-state index is 6.15. The van der Waals surface area contributed by atoms with Crippen LogP contribution >= 0.6 is 23.2 Å². The number of benzene rings is 2.